The fourth-order valence-corrected chi connectivity index (χ4v) is 2.05. The van der Waals surface area contributed by atoms with Crippen LogP contribution in [0.5, 0.6) is 0 Å². The monoisotopic (exact) mass is 294 g/mol. The number of hydrogen-bond acceptors (Lipinski definition) is 3. The summed E-state index contributed by atoms with van der Waals surface area (Å²) in [6, 6.07) is 4.99. The van der Waals surface area contributed by atoms with E-state index in [1.54, 1.807) is 29.9 Å². The van der Waals surface area contributed by atoms with E-state index in [1.165, 1.54) is 6.07 Å². The van der Waals surface area contributed by atoms with E-state index in [0.29, 0.717) is 12.2 Å². The normalized spacial score (nSPS) is 11.2. The summed E-state index contributed by atoms with van der Waals surface area (Å²) in [5.74, 6) is 0. The highest BCUT2D eigenvalue weighted by Gasteiger charge is 2.31. The minimum atomic E-state index is -4.45. The lowest BCUT2D eigenvalue weighted by molar-refractivity contribution is -0.137. The van der Waals surface area contributed by atoms with Crippen LogP contribution in [0.2, 0.25) is 0 Å². The van der Waals surface area contributed by atoms with Crippen molar-refractivity contribution < 1.29 is 13.2 Å². The Morgan fingerprint density at radius 1 is 1.38 bits per heavy atom. The van der Waals surface area contributed by atoms with Crippen LogP contribution in [0.3, 0.4) is 0 Å². The van der Waals surface area contributed by atoms with Gasteiger partial charge < -0.3 is 4.90 Å². The molecule has 1 aromatic heterocycles. The molecule has 0 aliphatic carbocycles. The van der Waals surface area contributed by atoms with Gasteiger partial charge in [0.2, 0.25) is 0 Å². The quantitative estimate of drug-likeness (QED) is 0.874. The highest BCUT2D eigenvalue weighted by molar-refractivity contribution is 5.60. The molecule has 0 amide bonds. The molecule has 7 heteroatoms. The van der Waals surface area contributed by atoms with E-state index in [0.717, 1.165) is 17.7 Å². The zero-order valence-electron chi connectivity index (χ0n) is 11.5. The average Bonchev–Trinajstić information content (AvgIpc) is 2.82. The molecule has 0 N–H and O–H groups in total. The Morgan fingerprint density at radius 2 is 2.10 bits per heavy atom. The molecule has 4 nitrogen and oxygen atoms in total. The highest BCUT2D eigenvalue weighted by Crippen LogP contribution is 2.32. The predicted molar refractivity (Wildman–Crippen MR) is 71.5 cm³/mol. The van der Waals surface area contributed by atoms with Gasteiger partial charge in [0.15, 0.2) is 0 Å². The lowest BCUT2D eigenvalue weighted by Gasteiger charge is -2.20. The van der Waals surface area contributed by atoms with Crippen LogP contribution >= 0.6 is 0 Å². The number of aryl methyl sites for hydroxylation is 1. The molecule has 1 aromatic carbocycles. The first kappa shape index (κ1) is 14.9. The van der Waals surface area contributed by atoms with Gasteiger partial charge in [0.25, 0.3) is 0 Å². The van der Waals surface area contributed by atoms with Gasteiger partial charge in [-0.3, -0.25) is 4.68 Å². The number of benzene rings is 1. The van der Waals surface area contributed by atoms with Crippen molar-refractivity contribution in [3.05, 3.63) is 47.3 Å². The van der Waals surface area contributed by atoms with Gasteiger partial charge in [0, 0.05) is 32.4 Å². The highest BCUT2D eigenvalue weighted by atomic mass is 19.4. The van der Waals surface area contributed by atoms with Crippen LogP contribution in [-0.4, -0.2) is 16.8 Å². The molecule has 1 heterocycles. The number of hydrogen-bond donors (Lipinski definition) is 0. The Morgan fingerprint density at radius 3 is 2.62 bits per heavy atom. The van der Waals surface area contributed by atoms with Crippen molar-refractivity contribution in [3.8, 4) is 6.07 Å². The van der Waals surface area contributed by atoms with Crippen molar-refractivity contribution >= 4 is 5.69 Å². The van der Waals surface area contributed by atoms with Crippen molar-refractivity contribution in [1.29, 1.82) is 5.26 Å². The predicted octanol–water partition coefficient (Wildman–Crippen LogP) is 2.95. The van der Waals surface area contributed by atoms with Crippen LogP contribution in [0.1, 0.15) is 16.7 Å². The van der Waals surface area contributed by atoms with E-state index in [-0.39, 0.29) is 5.56 Å². The fraction of sp³-hybridized carbons (Fsp3) is 0.286. The lowest BCUT2D eigenvalue weighted by Crippen LogP contribution is -2.18. The van der Waals surface area contributed by atoms with Crippen molar-refractivity contribution in [3.63, 3.8) is 0 Å². The lowest BCUT2D eigenvalue weighted by atomic mass is 10.1. The van der Waals surface area contributed by atoms with E-state index in [4.69, 9.17) is 5.26 Å². The fourth-order valence-electron chi connectivity index (χ4n) is 2.05. The second-order valence-electron chi connectivity index (χ2n) is 4.72. The zero-order chi connectivity index (χ0) is 15.6. The molecule has 0 unspecified atom stereocenters. The summed E-state index contributed by atoms with van der Waals surface area (Å²) in [5, 5.41) is 13.1. The zero-order valence-corrected chi connectivity index (χ0v) is 11.5. The minimum Gasteiger partial charge on any atom is -0.369 e. The standard InChI is InChI=1S/C14H13F3N4/c1-20(8-10-7-19-21(2)9-10)13-4-3-12(14(15,16)17)5-11(13)6-18/h3-5,7,9H,8H2,1-2H3. The third kappa shape index (κ3) is 3.34. The minimum absolute atomic E-state index is 0.00350. The summed E-state index contributed by atoms with van der Waals surface area (Å²) < 4.78 is 39.6. The molecule has 0 bridgehead atoms. The molecular formula is C14H13F3N4. The number of nitrogens with zero attached hydrogens (tertiary/aromatic N) is 4. The number of aromatic nitrogens is 2. The smallest absolute Gasteiger partial charge is 0.369 e. The summed E-state index contributed by atoms with van der Waals surface area (Å²) in [6.07, 6.45) is -0.967. The number of nitriles is 1. The van der Waals surface area contributed by atoms with Gasteiger partial charge in [-0.2, -0.15) is 23.5 Å². The van der Waals surface area contributed by atoms with E-state index >= 15 is 0 Å². The largest absolute Gasteiger partial charge is 0.416 e. The molecule has 0 saturated carbocycles. The molecule has 2 aromatic rings. The number of alkyl halides is 3. The molecule has 110 valence electrons. The van der Waals surface area contributed by atoms with E-state index < -0.39 is 11.7 Å². The number of halogens is 3. The molecule has 0 aliphatic heterocycles. The Hall–Kier alpha value is -2.49. The second kappa shape index (κ2) is 5.48. The van der Waals surface area contributed by atoms with E-state index in [9.17, 15) is 13.2 Å². The Labute approximate surface area is 120 Å². The van der Waals surface area contributed by atoms with Crippen molar-refractivity contribution in [2.45, 2.75) is 12.7 Å². The van der Waals surface area contributed by atoms with E-state index in [1.807, 2.05) is 12.3 Å². The van der Waals surface area contributed by atoms with Crippen LogP contribution in [0.15, 0.2) is 30.6 Å². The van der Waals surface area contributed by atoms with Gasteiger partial charge in [-0.15, -0.1) is 0 Å². The van der Waals surface area contributed by atoms with Crippen molar-refractivity contribution in [1.82, 2.24) is 9.78 Å². The van der Waals surface area contributed by atoms with Gasteiger partial charge >= 0.3 is 6.18 Å². The topological polar surface area (TPSA) is 44.9 Å². The summed E-state index contributed by atoms with van der Waals surface area (Å²) in [6.45, 7) is 0.452. The maximum Gasteiger partial charge on any atom is 0.416 e. The Bertz CT molecular complexity index is 682. The van der Waals surface area contributed by atoms with Gasteiger partial charge in [0.05, 0.1) is 23.0 Å². The molecule has 0 aliphatic rings. The summed E-state index contributed by atoms with van der Waals surface area (Å²) in [7, 11) is 3.50. The summed E-state index contributed by atoms with van der Waals surface area (Å²) in [5.41, 5.74) is 0.534. The Kier molecular flexibility index (Phi) is 3.89. The first-order valence-electron chi connectivity index (χ1n) is 6.11. The molecule has 2 rings (SSSR count). The maximum absolute atomic E-state index is 12.7. The van der Waals surface area contributed by atoms with Crippen LogP contribution in [0, 0.1) is 11.3 Å². The maximum atomic E-state index is 12.7. The van der Waals surface area contributed by atoms with Crippen LogP contribution < -0.4 is 4.90 Å². The molecular weight excluding hydrogens is 281 g/mol. The van der Waals surface area contributed by atoms with Gasteiger partial charge in [-0.1, -0.05) is 0 Å². The molecule has 0 spiro atoms. The van der Waals surface area contributed by atoms with Crippen LogP contribution in [0.25, 0.3) is 0 Å². The summed E-state index contributed by atoms with van der Waals surface area (Å²) >= 11 is 0. The van der Waals surface area contributed by atoms with Crippen molar-refractivity contribution in [2.75, 3.05) is 11.9 Å². The molecule has 0 atom stereocenters. The van der Waals surface area contributed by atoms with Gasteiger partial charge in [-0.25, -0.2) is 0 Å². The Balaban J connectivity index is 2.29. The first-order valence-corrected chi connectivity index (χ1v) is 6.11. The van der Waals surface area contributed by atoms with Crippen LogP contribution in [-0.2, 0) is 19.8 Å². The van der Waals surface area contributed by atoms with Gasteiger partial charge in [0.1, 0.15) is 6.07 Å². The molecule has 0 fully saturated rings. The summed E-state index contributed by atoms with van der Waals surface area (Å²) in [4.78, 5) is 1.72. The third-order valence-corrected chi connectivity index (χ3v) is 3.03. The molecule has 21 heavy (non-hydrogen) atoms. The number of anilines is 1. The van der Waals surface area contributed by atoms with Gasteiger partial charge in [-0.05, 0) is 18.2 Å². The second-order valence-corrected chi connectivity index (χ2v) is 4.72. The molecule has 0 saturated heterocycles. The average molecular weight is 294 g/mol. The van der Waals surface area contributed by atoms with Crippen molar-refractivity contribution in [2.24, 2.45) is 7.05 Å². The first-order chi connectivity index (χ1) is 9.81. The third-order valence-electron chi connectivity index (χ3n) is 3.03. The molecule has 0 radical (unpaired) electrons. The SMILES string of the molecule is CN(Cc1cnn(C)c1)c1ccc(C(F)(F)F)cc1C#N. The number of rotatable bonds is 3. The van der Waals surface area contributed by atoms with Crippen LogP contribution in [0.4, 0.5) is 18.9 Å². The van der Waals surface area contributed by atoms with E-state index in [2.05, 4.69) is 5.10 Å².